The molecule has 2 aliphatic rings. The van der Waals surface area contributed by atoms with Crippen LogP contribution in [-0.2, 0) is 9.63 Å². The number of hydrogen-bond donors (Lipinski definition) is 2. The van der Waals surface area contributed by atoms with Gasteiger partial charge in [0.05, 0.1) is 11.8 Å². The lowest BCUT2D eigenvalue weighted by Crippen LogP contribution is -2.40. The second-order valence-electron chi connectivity index (χ2n) is 10.1. The molecule has 0 spiro atoms. The minimum Gasteiger partial charge on any atom is -0.481 e. The van der Waals surface area contributed by atoms with Gasteiger partial charge in [-0.15, -0.1) is 0 Å². The van der Waals surface area contributed by atoms with E-state index in [1.165, 1.54) is 0 Å². The summed E-state index contributed by atoms with van der Waals surface area (Å²) in [6, 6.07) is 9.99. The van der Waals surface area contributed by atoms with Crippen molar-refractivity contribution in [3.05, 3.63) is 60.2 Å². The van der Waals surface area contributed by atoms with Crippen molar-refractivity contribution < 1.29 is 19.8 Å². The molecular formula is C30H39NO4. The summed E-state index contributed by atoms with van der Waals surface area (Å²) in [6.45, 7) is 2.63. The number of benzene rings is 1. The van der Waals surface area contributed by atoms with Gasteiger partial charge in [0.1, 0.15) is 6.61 Å². The molecule has 0 bridgehead atoms. The average molecular weight is 478 g/mol. The SMILES string of the molecule is C[C@@]1(/C=C/C=C/[C@H](O)C2(CC#Cc3ccccc3)CCC2)CCCC/C1=N\OCCCCC(=O)O. The summed E-state index contributed by atoms with van der Waals surface area (Å²) in [5.74, 6) is 5.75. The molecule has 3 rings (SSSR count). The average Bonchev–Trinajstić information content (AvgIpc) is 2.82. The first-order chi connectivity index (χ1) is 16.9. The van der Waals surface area contributed by atoms with Crippen LogP contribution in [0.3, 0.4) is 0 Å². The fourth-order valence-electron chi connectivity index (χ4n) is 4.80. The second-order valence-corrected chi connectivity index (χ2v) is 10.1. The molecule has 0 amide bonds. The number of aliphatic carboxylic acids is 1. The van der Waals surface area contributed by atoms with Crippen LogP contribution in [0.15, 0.2) is 59.8 Å². The van der Waals surface area contributed by atoms with E-state index in [1.807, 2.05) is 48.6 Å². The molecule has 2 aliphatic carbocycles. The van der Waals surface area contributed by atoms with Gasteiger partial charge in [-0.1, -0.05) is 79.3 Å². The van der Waals surface area contributed by atoms with E-state index in [9.17, 15) is 9.90 Å². The number of nitrogens with zero attached hydrogens (tertiary/aromatic N) is 1. The molecule has 0 radical (unpaired) electrons. The zero-order valence-electron chi connectivity index (χ0n) is 20.9. The zero-order valence-corrected chi connectivity index (χ0v) is 20.9. The van der Waals surface area contributed by atoms with Crippen molar-refractivity contribution in [1.82, 2.24) is 0 Å². The van der Waals surface area contributed by atoms with Crippen LogP contribution < -0.4 is 0 Å². The van der Waals surface area contributed by atoms with Crippen molar-refractivity contribution in [3.8, 4) is 11.8 Å². The van der Waals surface area contributed by atoms with Crippen LogP contribution in [0.5, 0.6) is 0 Å². The maximum absolute atomic E-state index is 10.9. The lowest BCUT2D eigenvalue weighted by Gasteiger charge is -2.43. The summed E-state index contributed by atoms with van der Waals surface area (Å²) in [5.41, 5.74) is 1.75. The standard InChI is InChI=1S/C30H39NO4/c1-29(19-8-5-16-26(29)31-35-24-10-7-18-28(33)34)20-9-6-17-27(32)30(22-12-23-30)21-11-15-25-13-3-2-4-14-25/h2-4,6,9,13-14,17,20,27,32H,5,7-8,10,12,16,18-19,21-24H2,1H3,(H,33,34)/b17-6+,20-9+,31-26+/t27-,29-/m0/s1. The first-order valence-electron chi connectivity index (χ1n) is 12.9. The van der Waals surface area contributed by atoms with E-state index in [1.54, 1.807) is 0 Å². The van der Waals surface area contributed by atoms with Crippen molar-refractivity contribution in [2.75, 3.05) is 6.61 Å². The van der Waals surface area contributed by atoms with E-state index in [-0.39, 0.29) is 17.3 Å². The molecule has 188 valence electrons. The Bertz CT molecular complexity index is 965. The fraction of sp³-hybridized carbons (Fsp3) is 0.533. The van der Waals surface area contributed by atoms with Crippen LogP contribution in [0.2, 0.25) is 0 Å². The number of carboxylic acids is 1. The van der Waals surface area contributed by atoms with Crippen molar-refractivity contribution in [2.45, 2.75) is 83.7 Å². The Balaban J connectivity index is 1.53. The highest BCUT2D eigenvalue weighted by atomic mass is 16.6. The van der Waals surface area contributed by atoms with Crippen molar-refractivity contribution in [1.29, 1.82) is 0 Å². The Hall–Kier alpha value is -2.84. The van der Waals surface area contributed by atoms with Gasteiger partial charge in [0.15, 0.2) is 0 Å². The molecule has 1 aromatic carbocycles. The minimum atomic E-state index is -0.775. The third-order valence-corrected chi connectivity index (χ3v) is 7.36. The number of carboxylic acid groups (broad SMARTS) is 1. The van der Waals surface area contributed by atoms with Crippen molar-refractivity contribution >= 4 is 11.7 Å². The van der Waals surface area contributed by atoms with Crippen LogP contribution in [0.25, 0.3) is 0 Å². The number of aliphatic hydroxyl groups excluding tert-OH is 1. The highest BCUT2D eigenvalue weighted by Crippen LogP contribution is 2.47. The van der Waals surface area contributed by atoms with Crippen molar-refractivity contribution in [2.24, 2.45) is 16.0 Å². The molecule has 2 atom stereocenters. The summed E-state index contributed by atoms with van der Waals surface area (Å²) >= 11 is 0. The van der Waals surface area contributed by atoms with Crippen LogP contribution in [0.1, 0.15) is 83.1 Å². The maximum Gasteiger partial charge on any atom is 0.303 e. The Morgan fingerprint density at radius 1 is 1.14 bits per heavy atom. The lowest BCUT2D eigenvalue weighted by molar-refractivity contribution is -0.137. The predicted octanol–water partition coefficient (Wildman–Crippen LogP) is 6.28. The smallest absolute Gasteiger partial charge is 0.303 e. The summed E-state index contributed by atoms with van der Waals surface area (Å²) in [4.78, 5) is 16.1. The lowest BCUT2D eigenvalue weighted by atomic mass is 9.63. The Labute approximate surface area is 210 Å². The largest absolute Gasteiger partial charge is 0.481 e. The molecular weight excluding hydrogens is 438 g/mol. The molecule has 0 aromatic heterocycles. The van der Waals surface area contributed by atoms with E-state index in [0.29, 0.717) is 25.9 Å². The second kappa shape index (κ2) is 13.3. The van der Waals surface area contributed by atoms with E-state index in [2.05, 4.69) is 30.0 Å². The molecule has 0 saturated heterocycles. The summed E-state index contributed by atoms with van der Waals surface area (Å²) in [6.07, 6.45) is 17.0. The molecule has 2 fully saturated rings. The van der Waals surface area contributed by atoms with Gasteiger partial charge in [-0.25, -0.2) is 0 Å². The number of hydrogen-bond acceptors (Lipinski definition) is 4. The Morgan fingerprint density at radius 2 is 1.94 bits per heavy atom. The van der Waals surface area contributed by atoms with E-state index in [0.717, 1.165) is 56.2 Å². The Kier molecular flexibility index (Phi) is 10.2. The topological polar surface area (TPSA) is 79.1 Å². The number of unbranched alkanes of at least 4 members (excludes halogenated alkanes) is 1. The quantitative estimate of drug-likeness (QED) is 0.170. The first-order valence-corrected chi connectivity index (χ1v) is 12.9. The van der Waals surface area contributed by atoms with Gasteiger partial charge in [0.2, 0.25) is 0 Å². The molecule has 0 unspecified atom stereocenters. The normalized spacial score (nSPS) is 23.5. The number of carbonyl (C=O) groups is 1. The molecule has 2 N–H and O–H groups in total. The third kappa shape index (κ3) is 8.11. The van der Waals surface area contributed by atoms with Gasteiger partial charge in [0.25, 0.3) is 0 Å². The van der Waals surface area contributed by atoms with Crippen molar-refractivity contribution in [3.63, 3.8) is 0 Å². The molecule has 5 heteroatoms. The highest BCUT2D eigenvalue weighted by molar-refractivity contribution is 5.91. The van der Waals surface area contributed by atoms with Gasteiger partial charge >= 0.3 is 5.97 Å². The van der Waals surface area contributed by atoms with E-state index in [4.69, 9.17) is 9.94 Å². The number of rotatable bonds is 11. The van der Waals surface area contributed by atoms with Gasteiger partial charge in [-0.05, 0) is 57.1 Å². The number of aliphatic hydroxyl groups is 1. The molecule has 0 heterocycles. The van der Waals surface area contributed by atoms with Gasteiger partial charge in [-0.3, -0.25) is 4.79 Å². The van der Waals surface area contributed by atoms with Crippen LogP contribution in [-0.4, -0.2) is 34.6 Å². The molecule has 2 saturated carbocycles. The molecule has 1 aromatic rings. The molecule has 35 heavy (non-hydrogen) atoms. The first kappa shape index (κ1) is 26.8. The molecule has 0 aliphatic heterocycles. The Morgan fingerprint density at radius 3 is 2.66 bits per heavy atom. The number of allylic oxidation sites excluding steroid dienone is 3. The maximum atomic E-state index is 10.9. The van der Waals surface area contributed by atoms with Gasteiger partial charge in [0, 0.05) is 29.2 Å². The minimum absolute atomic E-state index is 0.137. The monoisotopic (exact) mass is 477 g/mol. The van der Waals surface area contributed by atoms with Crippen LogP contribution in [0.4, 0.5) is 0 Å². The summed E-state index contributed by atoms with van der Waals surface area (Å²) < 4.78 is 0. The third-order valence-electron chi connectivity index (χ3n) is 7.36. The van der Waals surface area contributed by atoms with E-state index < -0.39 is 12.1 Å². The summed E-state index contributed by atoms with van der Waals surface area (Å²) in [5, 5.41) is 24.1. The van der Waals surface area contributed by atoms with Crippen LogP contribution >= 0.6 is 0 Å². The summed E-state index contributed by atoms with van der Waals surface area (Å²) in [7, 11) is 0. The molecule has 5 nitrogen and oxygen atoms in total. The number of oxime groups is 1. The van der Waals surface area contributed by atoms with Crippen LogP contribution in [0, 0.1) is 22.7 Å². The highest BCUT2D eigenvalue weighted by Gasteiger charge is 2.41. The fourth-order valence-corrected chi connectivity index (χ4v) is 4.80. The van der Waals surface area contributed by atoms with E-state index >= 15 is 0 Å². The zero-order chi connectivity index (χ0) is 25.0. The van der Waals surface area contributed by atoms with Gasteiger partial charge in [-0.2, -0.15) is 0 Å². The predicted molar refractivity (Wildman–Crippen MR) is 140 cm³/mol. The van der Waals surface area contributed by atoms with Gasteiger partial charge < -0.3 is 15.1 Å².